The standard InChI is InChI=1S/C23H24N4O3/c1-14(2)21(23(29)30)27-22(28)17-10-7-11-18(12-17)26-20-13-19(24-15(3)25-20)16-8-5-4-6-9-16/h4-14,21H,1-3H3,(H,27,28)(H,29,30)(H,24,25,26). The predicted molar refractivity (Wildman–Crippen MR) is 116 cm³/mol. The second kappa shape index (κ2) is 9.17. The topological polar surface area (TPSA) is 104 Å². The molecule has 0 aliphatic carbocycles. The summed E-state index contributed by atoms with van der Waals surface area (Å²) in [5, 5.41) is 15.1. The number of carbonyl (C=O) groups is 2. The van der Waals surface area contributed by atoms with Crippen LogP contribution in [-0.2, 0) is 4.79 Å². The first-order chi connectivity index (χ1) is 14.3. The number of rotatable bonds is 7. The minimum absolute atomic E-state index is 0.229. The maximum Gasteiger partial charge on any atom is 0.326 e. The summed E-state index contributed by atoms with van der Waals surface area (Å²) < 4.78 is 0. The van der Waals surface area contributed by atoms with E-state index in [1.807, 2.05) is 49.4 Å². The highest BCUT2D eigenvalue weighted by atomic mass is 16.4. The maximum atomic E-state index is 12.5. The van der Waals surface area contributed by atoms with Crippen LogP contribution in [0.15, 0.2) is 60.7 Å². The average Bonchev–Trinajstić information content (AvgIpc) is 2.71. The number of hydrogen-bond donors (Lipinski definition) is 3. The average molecular weight is 404 g/mol. The highest BCUT2D eigenvalue weighted by Crippen LogP contribution is 2.22. The smallest absolute Gasteiger partial charge is 0.326 e. The van der Waals surface area contributed by atoms with E-state index in [0.29, 0.717) is 22.9 Å². The zero-order valence-electron chi connectivity index (χ0n) is 17.1. The van der Waals surface area contributed by atoms with Crippen LogP contribution in [0.5, 0.6) is 0 Å². The molecule has 0 saturated carbocycles. The molecule has 0 radical (unpaired) electrons. The van der Waals surface area contributed by atoms with Crippen molar-refractivity contribution in [1.82, 2.24) is 15.3 Å². The van der Waals surface area contributed by atoms with Gasteiger partial charge in [0.25, 0.3) is 5.91 Å². The van der Waals surface area contributed by atoms with E-state index in [1.54, 1.807) is 32.0 Å². The Hall–Kier alpha value is -3.74. The number of carbonyl (C=O) groups excluding carboxylic acids is 1. The lowest BCUT2D eigenvalue weighted by Crippen LogP contribution is -2.44. The molecule has 0 aliphatic heterocycles. The van der Waals surface area contributed by atoms with Crippen molar-refractivity contribution in [2.75, 3.05) is 5.32 Å². The molecule has 1 aromatic heterocycles. The number of hydrogen-bond acceptors (Lipinski definition) is 5. The quantitative estimate of drug-likeness (QED) is 0.549. The van der Waals surface area contributed by atoms with Gasteiger partial charge in [-0.05, 0) is 31.0 Å². The first kappa shape index (κ1) is 21.0. The molecule has 1 amide bonds. The van der Waals surface area contributed by atoms with E-state index in [1.165, 1.54) is 0 Å². The van der Waals surface area contributed by atoms with Crippen molar-refractivity contribution in [3.8, 4) is 11.3 Å². The predicted octanol–water partition coefficient (Wildman–Crippen LogP) is 4.03. The molecule has 154 valence electrons. The lowest BCUT2D eigenvalue weighted by atomic mass is 10.0. The lowest BCUT2D eigenvalue weighted by Gasteiger charge is -2.18. The summed E-state index contributed by atoms with van der Waals surface area (Å²) >= 11 is 0. The first-order valence-corrected chi connectivity index (χ1v) is 9.65. The minimum atomic E-state index is -1.06. The second-order valence-electron chi connectivity index (χ2n) is 7.29. The number of nitrogens with zero attached hydrogens (tertiary/aromatic N) is 2. The van der Waals surface area contributed by atoms with Crippen molar-refractivity contribution in [1.29, 1.82) is 0 Å². The fourth-order valence-corrected chi connectivity index (χ4v) is 3.01. The van der Waals surface area contributed by atoms with Gasteiger partial charge < -0.3 is 15.7 Å². The molecular formula is C23H24N4O3. The molecule has 1 atom stereocenters. The molecular weight excluding hydrogens is 380 g/mol. The van der Waals surface area contributed by atoms with Gasteiger partial charge in [-0.25, -0.2) is 14.8 Å². The summed E-state index contributed by atoms with van der Waals surface area (Å²) in [4.78, 5) is 32.8. The van der Waals surface area contributed by atoms with Crippen molar-refractivity contribution >= 4 is 23.4 Å². The van der Waals surface area contributed by atoms with Gasteiger partial charge in [0.2, 0.25) is 0 Å². The summed E-state index contributed by atoms with van der Waals surface area (Å²) in [5.74, 6) is -0.507. The van der Waals surface area contributed by atoms with Crippen LogP contribution in [0, 0.1) is 12.8 Å². The van der Waals surface area contributed by atoms with Crippen LogP contribution in [0.2, 0.25) is 0 Å². The van der Waals surface area contributed by atoms with Gasteiger partial charge in [0.15, 0.2) is 0 Å². The second-order valence-corrected chi connectivity index (χ2v) is 7.29. The number of benzene rings is 2. The highest BCUT2D eigenvalue weighted by molar-refractivity contribution is 5.97. The Balaban J connectivity index is 1.81. The Morgan fingerprint density at radius 1 is 0.967 bits per heavy atom. The summed E-state index contributed by atoms with van der Waals surface area (Å²) in [6.45, 7) is 5.32. The Labute approximate surface area is 175 Å². The third-order valence-electron chi connectivity index (χ3n) is 4.52. The van der Waals surface area contributed by atoms with E-state index in [2.05, 4.69) is 20.6 Å². The molecule has 0 bridgehead atoms. The fraction of sp³-hybridized carbons (Fsp3) is 0.217. The van der Waals surface area contributed by atoms with Crippen LogP contribution in [0.3, 0.4) is 0 Å². The Morgan fingerprint density at radius 2 is 1.70 bits per heavy atom. The summed E-state index contributed by atoms with van der Waals surface area (Å²) in [7, 11) is 0. The molecule has 3 N–H and O–H groups in total. The number of aliphatic carboxylic acids is 1. The van der Waals surface area contributed by atoms with Crippen LogP contribution in [0.4, 0.5) is 11.5 Å². The van der Waals surface area contributed by atoms with Crippen molar-refractivity contribution in [3.63, 3.8) is 0 Å². The number of amides is 1. The van der Waals surface area contributed by atoms with Crippen molar-refractivity contribution < 1.29 is 14.7 Å². The summed E-state index contributed by atoms with van der Waals surface area (Å²) in [6.07, 6.45) is 0. The molecule has 1 heterocycles. The lowest BCUT2D eigenvalue weighted by molar-refractivity contribution is -0.140. The van der Waals surface area contributed by atoms with Crippen LogP contribution in [0.25, 0.3) is 11.3 Å². The largest absolute Gasteiger partial charge is 0.480 e. The molecule has 0 saturated heterocycles. The molecule has 1 unspecified atom stereocenters. The number of carboxylic acids is 1. The third kappa shape index (κ3) is 5.20. The Bertz CT molecular complexity index is 1050. The fourth-order valence-electron chi connectivity index (χ4n) is 3.01. The Kier molecular flexibility index (Phi) is 6.41. The van der Waals surface area contributed by atoms with Gasteiger partial charge in [0.05, 0.1) is 5.69 Å². The van der Waals surface area contributed by atoms with E-state index in [9.17, 15) is 14.7 Å². The van der Waals surface area contributed by atoms with Crippen molar-refractivity contribution in [2.24, 2.45) is 5.92 Å². The van der Waals surface area contributed by atoms with Gasteiger partial charge in [-0.3, -0.25) is 4.79 Å². The number of carboxylic acid groups (broad SMARTS) is 1. The molecule has 3 aromatic rings. The highest BCUT2D eigenvalue weighted by Gasteiger charge is 2.24. The van der Waals surface area contributed by atoms with Gasteiger partial charge in [-0.2, -0.15) is 0 Å². The molecule has 7 nitrogen and oxygen atoms in total. The minimum Gasteiger partial charge on any atom is -0.480 e. The molecule has 3 rings (SSSR count). The van der Waals surface area contributed by atoms with Gasteiger partial charge in [0, 0.05) is 22.9 Å². The van der Waals surface area contributed by atoms with Crippen molar-refractivity contribution in [2.45, 2.75) is 26.8 Å². The van der Waals surface area contributed by atoms with E-state index in [0.717, 1.165) is 11.3 Å². The summed E-state index contributed by atoms with van der Waals surface area (Å²) in [5.41, 5.74) is 2.80. The molecule has 7 heteroatoms. The van der Waals surface area contributed by atoms with E-state index < -0.39 is 17.9 Å². The van der Waals surface area contributed by atoms with E-state index >= 15 is 0 Å². The van der Waals surface area contributed by atoms with Crippen LogP contribution in [-0.4, -0.2) is 33.0 Å². The number of anilines is 2. The van der Waals surface area contributed by atoms with Crippen LogP contribution >= 0.6 is 0 Å². The van der Waals surface area contributed by atoms with Crippen LogP contribution < -0.4 is 10.6 Å². The molecule has 2 aromatic carbocycles. The normalized spacial score (nSPS) is 11.7. The third-order valence-corrected chi connectivity index (χ3v) is 4.52. The zero-order valence-corrected chi connectivity index (χ0v) is 17.1. The maximum absolute atomic E-state index is 12.5. The monoisotopic (exact) mass is 404 g/mol. The number of nitrogens with one attached hydrogen (secondary N) is 2. The van der Waals surface area contributed by atoms with Gasteiger partial charge in [-0.1, -0.05) is 50.2 Å². The van der Waals surface area contributed by atoms with Crippen LogP contribution in [0.1, 0.15) is 30.0 Å². The Morgan fingerprint density at radius 3 is 2.37 bits per heavy atom. The number of aryl methyl sites for hydroxylation is 1. The molecule has 0 fully saturated rings. The first-order valence-electron chi connectivity index (χ1n) is 9.65. The SMILES string of the molecule is Cc1nc(Nc2cccc(C(=O)NC(C(=O)O)C(C)C)c2)cc(-c2ccccc2)n1. The molecule has 0 spiro atoms. The van der Waals surface area contributed by atoms with Gasteiger partial charge in [-0.15, -0.1) is 0 Å². The zero-order chi connectivity index (χ0) is 21.7. The van der Waals surface area contributed by atoms with Gasteiger partial charge in [0.1, 0.15) is 17.7 Å². The summed E-state index contributed by atoms with van der Waals surface area (Å²) in [6, 6.07) is 17.5. The van der Waals surface area contributed by atoms with Crippen molar-refractivity contribution in [3.05, 3.63) is 72.1 Å². The number of aromatic nitrogens is 2. The van der Waals surface area contributed by atoms with E-state index in [-0.39, 0.29) is 5.92 Å². The molecule has 0 aliphatic rings. The van der Waals surface area contributed by atoms with E-state index in [4.69, 9.17) is 0 Å². The van der Waals surface area contributed by atoms with Gasteiger partial charge >= 0.3 is 5.97 Å². The molecule has 30 heavy (non-hydrogen) atoms.